The van der Waals surface area contributed by atoms with Gasteiger partial charge in [-0.2, -0.15) is 0 Å². The lowest BCUT2D eigenvalue weighted by Crippen LogP contribution is -2.17. The predicted octanol–water partition coefficient (Wildman–Crippen LogP) is 14.9. The molecule has 0 saturated heterocycles. The summed E-state index contributed by atoms with van der Waals surface area (Å²) in [6.45, 7) is 4.70. The van der Waals surface area contributed by atoms with Crippen LogP contribution in [0.25, 0.3) is 66.1 Å². The van der Waals surface area contributed by atoms with E-state index in [2.05, 4.69) is 207 Å². The Hall–Kier alpha value is -6.90. The van der Waals surface area contributed by atoms with Crippen molar-refractivity contribution in [3.63, 3.8) is 0 Å². The highest BCUT2D eigenvalue weighted by atomic mass is 16.5. The zero-order valence-corrected chi connectivity index (χ0v) is 30.8. The lowest BCUT2D eigenvalue weighted by molar-refractivity contribution is 0.488. The molecule has 0 unspecified atom stereocenters. The van der Waals surface area contributed by atoms with Gasteiger partial charge >= 0.3 is 0 Å². The molecule has 1 aliphatic heterocycles. The number of hydrogen-bond acceptors (Lipinski definition) is 2. The summed E-state index contributed by atoms with van der Waals surface area (Å²) in [6, 6.07) is 68.5. The average Bonchev–Trinajstić information content (AvgIpc) is 3.36. The van der Waals surface area contributed by atoms with E-state index < -0.39 is 0 Å². The van der Waals surface area contributed by atoms with Crippen molar-refractivity contribution < 1.29 is 4.74 Å². The Balaban J connectivity index is 1.18. The van der Waals surface area contributed by atoms with E-state index in [9.17, 15) is 0 Å². The van der Waals surface area contributed by atoms with Crippen LogP contribution in [0.4, 0.5) is 17.1 Å². The molecule has 0 N–H and O–H groups in total. The Morgan fingerprint density at radius 3 is 1.87 bits per heavy atom. The summed E-state index contributed by atoms with van der Waals surface area (Å²) in [6.07, 6.45) is 0. The summed E-state index contributed by atoms with van der Waals surface area (Å²) in [4.78, 5) is 2.42. The molecule has 55 heavy (non-hydrogen) atoms. The van der Waals surface area contributed by atoms with Crippen molar-refractivity contribution in [1.82, 2.24) is 0 Å². The van der Waals surface area contributed by atoms with Crippen LogP contribution in [0.3, 0.4) is 0 Å². The van der Waals surface area contributed by atoms with Crippen molar-refractivity contribution >= 4 is 38.6 Å². The van der Waals surface area contributed by atoms with E-state index in [0.717, 1.165) is 61.8 Å². The van der Waals surface area contributed by atoms with Crippen molar-refractivity contribution in [3.8, 4) is 56.0 Å². The maximum absolute atomic E-state index is 7.08. The topological polar surface area (TPSA) is 12.5 Å². The van der Waals surface area contributed by atoms with Gasteiger partial charge in [-0.05, 0) is 127 Å². The van der Waals surface area contributed by atoms with Crippen LogP contribution in [0.2, 0.25) is 0 Å². The highest BCUT2D eigenvalue weighted by molar-refractivity contribution is 6.03. The molecule has 0 bridgehead atoms. The minimum absolute atomic E-state index is 0.133. The molecular weight excluding hydrogens is 667 g/mol. The van der Waals surface area contributed by atoms with Crippen LogP contribution in [0.15, 0.2) is 188 Å². The fraction of sp³-hybridized carbons (Fsp3) is 0.0566. The summed E-state index contributed by atoms with van der Waals surface area (Å²) in [5.74, 6) is 1.69. The molecule has 1 heterocycles. The second-order valence-electron chi connectivity index (χ2n) is 15.3. The molecule has 0 saturated carbocycles. The van der Waals surface area contributed by atoms with Crippen LogP contribution in [-0.4, -0.2) is 0 Å². The summed E-state index contributed by atoms with van der Waals surface area (Å²) in [5, 5.41) is 4.81. The van der Waals surface area contributed by atoms with E-state index in [0.29, 0.717) is 0 Å². The van der Waals surface area contributed by atoms with Gasteiger partial charge in [0.1, 0.15) is 11.5 Å². The van der Waals surface area contributed by atoms with E-state index >= 15 is 0 Å². The van der Waals surface area contributed by atoms with Gasteiger partial charge in [-0.25, -0.2) is 0 Å². The van der Waals surface area contributed by atoms with E-state index in [1.54, 1.807) is 0 Å². The third-order valence-electron chi connectivity index (χ3n) is 11.8. The van der Waals surface area contributed by atoms with Crippen molar-refractivity contribution in [2.45, 2.75) is 19.3 Å². The fourth-order valence-electron chi connectivity index (χ4n) is 9.06. The molecule has 9 aromatic carbocycles. The predicted molar refractivity (Wildman–Crippen MR) is 230 cm³/mol. The second kappa shape index (κ2) is 12.1. The standard InChI is InChI=1S/C53H37NO/c1-53(2)47-20-11-10-19-43(47)44-28-26-41(33-48(44)53)54(40-17-4-3-5-18-40)49-21-12-22-50-52(49)46-31-39(38-24-23-34-13-6-7-14-35(34)29-38)25-27-42(46)45-30-36-15-8-9-16-37(36)32-51(45)55-50/h3-33H,1-2H3. The molecule has 11 rings (SSSR count). The number of ether oxygens (including phenoxy) is 1. The van der Waals surface area contributed by atoms with Crippen LogP contribution < -0.4 is 9.64 Å². The van der Waals surface area contributed by atoms with Crippen LogP contribution in [0, 0.1) is 0 Å². The molecular formula is C53H37NO. The molecule has 2 aliphatic rings. The van der Waals surface area contributed by atoms with Gasteiger partial charge in [0.2, 0.25) is 0 Å². The quantitative estimate of drug-likeness (QED) is 0.181. The zero-order valence-electron chi connectivity index (χ0n) is 30.8. The van der Waals surface area contributed by atoms with Gasteiger partial charge in [0.25, 0.3) is 0 Å². The van der Waals surface area contributed by atoms with E-state index in [1.807, 2.05) is 0 Å². The second-order valence-corrected chi connectivity index (χ2v) is 15.3. The lowest BCUT2D eigenvalue weighted by atomic mass is 9.82. The summed E-state index contributed by atoms with van der Waals surface area (Å²) in [5.41, 5.74) is 15.2. The molecule has 0 atom stereocenters. The minimum atomic E-state index is -0.133. The Morgan fingerprint density at radius 2 is 1.04 bits per heavy atom. The minimum Gasteiger partial charge on any atom is -0.456 e. The maximum atomic E-state index is 7.08. The molecule has 2 nitrogen and oxygen atoms in total. The van der Waals surface area contributed by atoms with Gasteiger partial charge < -0.3 is 9.64 Å². The van der Waals surface area contributed by atoms with Gasteiger partial charge in [-0.1, -0.05) is 141 Å². The smallest absolute Gasteiger partial charge is 0.137 e. The van der Waals surface area contributed by atoms with Crippen molar-refractivity contribution in [3.05, 3.63) is 199 Å². The fourth-order valence-corrected chi connectivity index (χ4v) is 9.06. The largest absolute Gasteiger partial charge is 0.456 e. The van der Waals surface area contributed by atoms with E-state index in [4.69, 9.17) is 4.74 Å². The highest BCUT2D eigenvalue weighted by Crippen LogP contribution is 2.55. The molecule has 260 valence electrons. The van der Waals surface area contributed by atoms with Crippen LogP contribution in [0.1, 0.15) is 25.0 Å². The molecule has 0 amide bonds. The number of rotatable bonds is 4. The van der Waals surface area contributed by atoms with Gasteiger partial charge in [0.15, 0.2) is 0 Å². The third-order valence-corrected chi connectivity index (χ3v) is 11.8. The van der Waals surface area contributed by atoms with Crippen molar-refractivity contribution in [1.29, 1.82) is 0 Å². The normalized spacial score (nSPS) is 13.2. The van der Waals surface area contributed by atoms with Gasteiger partial charge in [-0.3, -0.25) is 0 Å². The number of benzene rings is 9. The number of para-hydroxylation sites is 1. The Kier molecular flexibility index (Phi) is 6.93. The average molecular weight is 704 g/mol. The molecule has 0 spiro atoms. The van der Waals surface area contributed by atoms with E-state index in [1.165, 1.54) is 44.0 Å². The number of nitrogens with zero attached hydrogens (tertiary/aromatic N) is 1. The van der Waals surface area contributed by atoms with Gasteiger partial charge in [-0.15, -0.1) is 0 Å². The number of anilines is 3. The maximum Gasteiger partial charge on any atom is 0.137 e. The van der Waals surface area contributed by atoms with E-state index in [-0.39, 0.29) is 5.41 Å². The lowest BCUT2D eigenvalue weighted by Gasteiger charge is -2.30. The molecule has 2 heteroatoms. The number of fused-ring (bicyclic) bond motifs is 10. The molecule has 9 aromatic rings. The van der Waals surface area contributed by atoms with Crippen LogP contribution in [-0.2, 0) is 5.41 Å². The first-order valence-electron chi connectivity index (χ1n) is 19.1. The molecule has 0 aromatic heterocycles. The number of hydrogen-bond donors (Lipinski definition) is 0. The zero-order chi connectivity index (χ0) is 36.7. The Bertz CT molecular complexity index is 2990. The van der Waals surface area contributed by atoms with Crippen molar-refractivity contribution in [2.24, 2.45) is 0 Å². The summed E-state index contributed by atoms with van der Waals surface area (Å²) < 4.78 is 7.08. The third kappa shape index (κ3) is 4.95. The van der Waals surface area contributed by atoms with Crippen LogP contribution >= 0.6 is 0 Å². The summed E-state index contributed by atoms with van der Waals surface area (Å²) >= 11 is 0. The van der Waals surface area contributed by atoms with Crippen molar-refractivity contribution in [2.75, 3.05) is 4.90 Å². The Labute approximate surface area is 321 Å². The first kappa shape index (κ1) is 31.6. The molecule has 0 fully saturated rings. The van der Waals surface area contributed by atoms with Gasteiger partial charge in [0, 0.05) is 27.9 Å². The first-order chi connectivity index (χ1) is 27.0. The summed E-state index contributed by atoms with van der Waals surface area (Å²) in [7, 11) is 0. The molecule has 0 radical (unpaired) electrons. The van der Waals surface area contributed by atoms with Gasteiger partial charge in [0.05, 0.1) is 5.69 Å². The first-order valence-corrected chi connectivity index (χ1v) is 19.1. The molecule has 1 aliphatic carbocycles. The Morgan fingerprint density at radius 1 is 0.382 bits per heavy atom. The SMILES string of the molecule is CC1(C)c2ccccc2-c2ccc(N(c3ccccc3)c3cccc4c3-c3cc(-c5ccc6ccccc6c5)ccc3-c3cc5ccccc5cc3O4)cc21. The van der Waals surface area contributed by atoms with Crippen LogP contribution in [0.5, 0.6) is 11.5 Å². The monoisotopic (exact) mass is 703 g/mol. The highest BCUT2D eigenvalue weighted by Gasteiger charge is 2.36.